The van der Waals surface area contributed by atoms with Gasteiger partial charge in [-0.05, 0) is 25.3 Å². The highest BCUT2D eigenvalue weighted by atomic mass is 16.2. The van der Waals surface area contributed by atoms with Crippen molar-refractivity contribution >= 4 is 17.7 Å². The van der Waals surface area contributed by atoms with E-state index in [1.807, 2.05) is 31.2 Å². The van der Waals surface area contributed by atoms with Gasteiger partial charge in [0.1, 0.15) is 6.54 Å². The number of likely N-dealkylation sites (tertiary alicyclic amines) is 1. The minimum Gasteiger partial charge on any atom is -0.350 e. The summed E-state index contributed by atoms with van der Waals surface area (Å²) in [6, 6.07) is 7.87. The Hall–Kier alpha value is -2.17. The summed E-state index contributed by atoms with van der Waals surface area (Å²) in [7, 11) is 0. The zero-order chi connectivity index (χ0) is 16.4. The van der Waals surface area contributed by atoms with Crippen LogP contribution in [0.3, 0.4) is 0 Å². The van der Waals surface area contributed by atoms with Crippen LogP contribution in [0.25, 0.3) is 0 Å². The molecule has 1 heterocycles. The zero-order valence-corrected chi connectivity index (χ0v) is 13.4. The minimum atomic E-state index is -0.285. The monoisotopic (exact) mass is 314 g/mol. The Kier molecular flexibility index (Phi) is 4.46. The molecular weight excluding hydrogens is 292 g/mol. The van der Waals surface area contributed by atoms with Gasteiger partial charge in [-0.15, -0.1) is 0 Å². The first-order valence-electron chi connectivity index (χ1n) is 8.24. The van der Waals surface area contributed by atoms with Gasteiger partial charge in [0.2, 0.25) is 17.7 Å². The van der Waals surface area contributed by atoms with Crippen molar-refractivity contribution in [3.63, 3.8) is 0 Å². The van der Waals surface area contributed by atoms with Crippen molar-refractivity contribution in [3.05, 3.63) is 35.4 Å². The Labute approximate surface area is 136 Å². The highest BCUT2D eigenvalue weighted by Crippen LogP contribution is 2.37. The molecule has 5 heteroatoms. The Morgan fingerprint density at radius 1 is 1.17 bits per heavy atom. The first kappa shape index (κ1) is 15.7. The van der Waals surface area contributed by atoms with Gasteiger partial charge in [-0.1, -0.05) is 42.7 Å². The second-order valence-electron chi connectivity index (χ2n) is 6.53. The first-order valence-corrected chi connectivity index (χ1v) is 8.24. The van der Waals surface area contributed by atoms with Gasteiger partial charge in [-0.3, -0.25) is 19.3 Å². The average Bonchev–Trinajstić information content (AvgIpc) is 2.79. The summed E-state index contributed by atoms with van der Waals surface area (Å²) >= 11 is 0. The molecular formula is C18H22N2O3. The smallest absolute Gasteiger partial charge is 0.240 e. The van der Waals surface area contributed by atoms with E-state index >= 15 is 0 Å². The standard InChI is InChI=1S/C18H22N2O3/c1-12-5-4-6-13(9-12)10-19-16(21)11-20-17(22)14-7-2-3-8-15(14)18(20)23/h4-6,9,14-15H,2-3,7-8,10-11H2,1H3,(H,19,21). The molecule has 1 saturated heterocycles. The van der Waals surface area contributed by atoms with Crippen LogP contribution >= 0.6 is 0 Å². The lowest BCUT2D eigenvalue weighted by molar-refractivity contribution is -0.143. The van der Waals surface area contributed by atoms with E-state index in [0.717, 1.165) is 41.7 Å². The number of hydrogen-bond acceptors (Lipinski definition) is 3. The SMILES string of the molecule is Cc1cccc(CNC(=O)CN2C(=O)C3CCCCC3C2=O)c1. The number of aryl methyl sites for hydroxylation is 1. The Morgan fingerprint density at radius 2 is 1.83 bits per heavy atom. The van der Waals surface area contributed by atoms with E-state index in [1.54, 1.807) is 0 Å². The van der Waals surface area contributed by atoms with E-state index in [4.69, 9.17) is 0 Å². The molecule has 122 valence electrons. The summed E-state index contributed by atoms with van der Waals surface area (Å²) in [6.45, 7) is 2.24. The first-order chi connectivity index (χ1) is 11.1. The molecule has 1 aromatic carbocycles. The highest BCUT2D eigenvalue weighted by Gasteiger charge is 2.48. The predicted octanol–water partition coefficient (Wildman–Crippen LogP) is 1.79. The molecule has 2 unspecified atom stereocenters. The van der Waals surface area contributed by atoms with E-state index < -0.39 is 0 Å². The maximum atomic E-state index is 12.3. The number of rotatable bonds is 4. The number of amides is 3. The molecule has 1 aromatic rings. The number of imide groups is 1. The summed E-state index contributed by atoms with van der Waals surface area (Å²) in [4.78, 5) is 37.9. The van der Waals surface area contributed by atoms with Crippen LogP contribution in [0.1, 0.15) is 36.8 Å². The van der Waals surface area contributed by atoms with Crippen molar-refractivity contribution in [2.45, 2.75) is 39.2 Å². The molecule has 5 nitrogen and oxygen atoms in total. The lowest BCUT2D eigenvalue weighted by atomic mass is 9.81. The number of nitrogens with zero attached hydrogens (tertiary/aromatic N) is 1. The van der Waals surface area contributed by atoms with Crippen molar-refractivity contribution in [2.75, 3.05) is 6.54 Å². The van der Waals surface area contributed by atoms with E-state index in [0.29, 0.717) is 6.54 Å². The Bertz CT molecular complexity index is 617. The van der Waals surface area contributed by atoms with Crippen molar-refractivity contribution in [1.29, 1.82) is 0 Å². The second kappa shape index (κ2) is 6.52. The quantitative estimate of drug-likeness (QED) is 0.862. The van der Waals surface area contributed by atoms with Gasteiger partial charge in [0.05, 0.1) is 11.8 Å². The van der Waals surface area contributed by atoms with Crippen LogP contribution in [0, 0.1) is 18.8 Å². The van der Waals surface area contributed by atoms with Gasteiger partial charge in [0.25, 0.3) is 0 Å². The average molecular weight is 314 g/mol. The van der Waals surface area contributed by atoms with Crippen molar-refractivity contribution in [3.8, 4) is 0 Å². The second-order valence-corrected chi connectivity index (χ2v) is 6.53. The molecule has 0 aromatic heterocycles. The lowest BCUT2D eigenvalue weighted by Gasteiger charge is -2.19. The van der Waals surface area contributed by atoms with E-state index in [-0.39, 0.29) is 36.1 Å². The van der Waals surface area contributed by atoms with Crippen LogP contribution in [-0.4, -0.2) is 29.2 Å². The summed E-state index contributed by atoms with van der Waals surface area (Å²) in [5.74, 6) is -0.996. The third-order valence-electron chi connectivity index (χ3n) is 4.81. The van der Waals surface area contributed by atoms with Crippen molar-refractivity contribution < 1.29 is 14.4 Å². The molecule has 1 aliphatic heterocycles. The van der Waals surface area contributed by atoms with Crippen LogP contribution in [0.15, 0.2) is 24.3 Å². The fourth-order valence-corrected chi connectivity index (χ4v) is 3.61. The molecule has 2 aliphatic rings. The topological polar surface area (TPSA) is 66.5 Å². The number of hydrogen-bond donors (Lipinski definition) is 1. The van der Waals surface area contributed by atoms with Gasteiger partial charge in [0, 0.05) is 6.54 Å². The third-order valence-corrected chi connectivity index (χ3v) is 4.81. The molecule has 2 fully saturated rings. The minimum absolute atomic E-state index is 0.156. The molecule has 3 amide bonds. The van der Waals surface area contributed by atoms with Gasteiger partial charge in [-0.2, -0.15) is 0 Å². The van der Waals surface area contributed by atoms with Crippen molar-refractivity contribution in [2.24, 2.45) is 11.8 Å². The molecule has 23 heavy (non-hydrogen) atoms. The molecule has 2 atom stereocenters. The molecule has 1 saturated carbocycles. The maximum Gasteiger partial charge on any atom is 0.240 e. The molecule has 0 radical (unpaired) electrons. The zero-order valence-electron chi connectivity index (χ0n) is 13.4. The van der Waals surface area contributed by atoms with E-state index in [2.05, 4.69) is 5.32 Å². The molecule has 0 spiro atoms. The number of fused-ring (bicyclic) bond motifs is 1. The lowest BCUT2D eigenvalue weighted by Crippen LogP contribution is -2.40. The van der Waals surface area contributed by atoms with Gasteiger partial charge in [0.15, 0.2) is 0 Å². The number of carbonyl (C=O) groups is 3. The Balaban J connectivity index is 1.57. The third kappa shape index (κ3) is 3.28. The van der Waals surface area contributed by atoms with Crippen LogP contribution < -0.4 is 5.32 Å². The number of nitrogens with one attached hydrogen (secondary N) is 1. The fourth-order valence-electron chi connectivity index (χ4n) is 3.61. The van der Waals surface area contributed by atoms with Crippen LogP contribution in [0.2, 0.25) is 0 Å². The maximum absolute atomic E-state index is 12.3. The summed E-state index contributed by atoms with van der Waals surface area (Å²) in [5.41, 5.74) is 2.14. The van der Waals surface area contributed by atoms with Crippen LogP contribution in [0.4, 0.5) is 0 Å². The predicted molar refractivity (Wildman–Crippen MR) is 85.2 cm³/mol. The molecule has 1 N–H and O–H groups in total. The number of carbonyl (C=O) groups excluding carboxylic acids is 3. The van der Waals surface area contributed by atoms with Crippen molar-refractivity contribution in [1.82, 2.24) is 10.2 Å². The van der Waals surface area contributed by atoms with Crippen LogP contribution in [0.5, 0.6) is 0 Å². The van der Waals surface area contributed by atoms with Gasteiger partial charge >= 0.3 is 0 Å². The van der Waals surface area contributed by atoms with Crippen LogP contribution in [-0.2, 0) is 20.9 Å². The van der Waals surface area contributed by atoms with E-state index in [9.17, 15) is 14.4 Å². The normalized spacial score (nSPS) is 23.8. The molecule has 0 bridgehead atoms. The fraction of sp³-hybridized carbons (Fsp3) is 0.500. The summed E-state index contributed by atoms with van der Waals surface area (Å²) in [5, 5.41) is 2.79. The molecule has 1 aliphatic carbocycles. The van der Waals surface area contributed by atoms with E-state index in [1.165, 1.54) is 0 Å². The van der Waals surface area contributed by atoms with Gasteiger partial charge in [-0.25, -0.2) is 0 Å². The van der Waals surface area contributed by atoms with Gasteiger partial charge < -0.3 is 5.32 Å². The summed E-state index contributed by atoms with van der Waals surface area (Å²) in [6.07, 6.45) is 3.54. The number of benzene rings is 1. The Morgan fingerprint density at radius 3 is 2.43 bits per heavy atom. The largest absolute Gasteiger partial charge is 0.350 e. The summed E-state index contributed by atoms with van der Waals surface area (Å²) < 4.78 is 0. The molecule has 3 rings (SSSR count). The highest BCUT2D eigenvalue weighted by molar-refractivity contribution is 6.07.